The number of fused-ring (bicyclic) bond motifs is 1. The van der Waals surface area contributed by atoms with Crippen LogP contribution in [0.15, 0.2) is 24.5 Å². The minimum atomic E-state index is -0.359. The quantitative estimate of drug-likeness (QED) is 0.639. The first-order valence-electron chi connectivity index (χ1n) is 6.99. The predicted molar refractivity (Wildman–Crippen MR) is 86.4 cm³/mol. The molecular formula is C14H17ClN6O2. The molecule has 4 N–H and O–H groups in total. The molecule has 0 atom stereocenters. The zero-order valence-corrected chi connectivity index (χ0v) is 13.1. The van der Waals surface area contributed by atoms with E-state index < -0.39 is 0 Å². The van der Waals surface area contributed by atoms with Crippen molar-refractivity contribution in [3.63, 3.8) is 0 Å². The van der Waals surface area contributed by atoms with E-state index in [1.54, 1.807) is 18.3 Å². The maximum Gasteiger partial charge on any atom is 0.272 e. The molecule has 0 saturated heterocycles. The Morgan fingerprint density at radius 1 is 1.35 bits per heavy atom. The number of anilines is 1. The van der Waals surface area contributed by atoms with Crippen LogP contribution >= 0.6 is 12.4 Å². The number of rotatable bonds is 4. The zero-order chi connectivity index (χ0) is 15.4. The molecule has 3 heterocycles. The third-order valence-corrected chi connectivity index (χ3v) is 3.38. The lowest BCUT2D eigenvalue weighted by Gasteiger charge is -2.12. The van der Waals surface area contributed by atoms with E-state index in [4.69, 9.17) is 0 Å². The Morgan fingerprint density at radius 2 is 2.22 bits per heavy atom. The summed E-state index contributed by atoms with van der Waals surface area (Å²) < 4.78 is 0. The lowest BCUT2D eigenvalue weighted by atomic mass is 10.1. The van der Waals surface area contributed by atoms with Crippen molar-refractivity contribution in [1.29, 1.82) is 0 Å². The van der Waals surface area contributed by atoms with Crippen LogP contribution in [0.1, 0.15) is 21.7 Å². The van der Waals surface area contributed by atoms with Gasteiger partial charge in [0, 0.05) is 37.0 Å². The van der Waals surface area contributed by atoms with Gasteiger partial charge in [-0.3, -0.25) is 19.7 Å². The summed E-state index contributed by atoms with van der Waals surface area (Å²) in [6, 6.07) is 3.44. The number of pyridine rings is 1. The van der Waals surface area contributed by atoms with Crippen LogP contribution in [0.4, 0.5) is 5.69 Å². The fourth-order valence-corrected chi connectivity index (χ4v) is 2.30. The van der Waals surface area contributed by atoms with Crippen LogP contribution < -0.4 is 16.0 Å². The topological polar surface area (TPSA) is 112 Å². The minimum absolute atomic E-state index is 0. The van der Waals surface area contributed by atoms with Crippen LogP contribution in [0.25, 0.3) is 0 Å². The van der Waals surface area contributed by atoms with Crippen molar-refractivity contribution in [1.82, 2.24) is 25.8 Å². The van der Waals surface area contributed by atoms with Crippen molar-refractivity contribution in [2.24, 2.45) is 0 Å². The summed E-state index contributed by atoms with van der Waals surface area (Å²) >= 11 is 0. The molecule has 8 nitrogen and oxygen atoms in total. The number of amides is 2. The molecule has 0 saturated carbocycles. The van der Waals surface area contributed by atoms with E-state index in [-0.39, 0.29) is 30.8 Å². The normalized spacial score (nSPS) is 12.7. The standard InChI is InChI=1S/C14H16N6O2.ClH/c21-12(18-9-2-1-4-15-6-9)8-17-14(22)13-10-7-16-5-3-11(10)19-20-13;/h1-2,4,6,16H,3,5,7-8H2,(H,17,22)(H,18,21)(H,19,20);1H. The lowest BCUT2D eigenvalue weighted by molar-refractivity contribution is -0.115. The molecule has 3 rings (SSSR count). The van der Waals surface area contributed by atoms with Gasteiger partial charge in [-0.1, -0.05) is 0 Å². The van der Waals surface area contributed by atoms with Crippen LogP contribution in [0.2, 0.25) is 0 Å². The maximum atomic E-state index is 12.1. The number of aromatic nitrogens is 3. The molecule has 122 valence electrons. The first kappa shape index (κ1) is 16.9. The van der Waals surface area contributed by atoms with Crippen LogP contribution in [-0.4, -0.2) is 40.1 Å². The number of aromatic amines is 1. The number of hydrogen-bond donors (Lipinski definition) is 4. The highest BCUT2D eigenvalue weighted by Gasteiger charge is 2.21. The highest BCUT2D eigenvalue weighted by atomic mass is 35.5. The van der Waals surface area contributed by atoms with Crippen LogP contribution in [0, 0.1) is 0 Å². The molecular weight excluding hydrogens is 320 g/mol. The van der Waals surface area contributed by atoms with E-state index in [9.17, 15) is 9.59 Å². The second kappa shape index (κ2) is 7.70. The number of carbonyl (C=O) groups excluding carboxylic acids is 2. The van der Waals surface area contributed by atoms with E-state index in [0.717, 1.165) is 24.2 Å². The van der Waals surface area contributed by atoms with Crippen molar-refractivity contribution in [3.8, 4) is 0 Å². The van der Waals surface area contributed by atoms with Gasteiger partial charge in [0.1, 0.15) is 0 Å². The summed E-state index contributed by atoms with van der Waals surface area (Å²) in [5, 5.41) is 15.3. The summed E-state index contributed by atoms with van der Waals surface area (Å²) in [6.07, 6.45) is 3.97. The molecule has 2 amide bonds. The third-order valence-electron chi connectivity index (χ3n) is 3.38. The van der Waals surface area contributed by atoms with Gasteiger partial charge in [0.05, 0.1) is 18.4 Å². The summed E-state index contributed by atoms with van der Waals surface area (Å²) in [5.41, 5.74) is 2.78. The maximum absolute atomic E-state index is 12.1. The highest BCUT2D eigenvalue weighted by Crippen LogP contribution is 2.14. The number of hydrogen-bond acceptors (Lipinski definition) is 5. The molecule has 1 aliphatic rings. The molecule has 2 aromatic rings. The Labute approximate surface area is 138 Å². The van der Waals surface area contributed by atoms with E-state index in [1.807, 2.05) is 0 Å². The molecule has 0 unspecified atom stereocenters. The molecule has 0 fully saturated rings. The number of H-pyrrole nitrogens is 1. The molecule has 9 heteroatoms. The molecule has 0 radical (unpaired) electrons. The van der Waals surface area contributed by atoms with E-state index >= 15 is 0 Å². The van der Waals surface area contributed by atoms with Gasteiger partial charge in [0.25, 0.3) is 5.91 Å². The van der Waals surface area contributed by atoms with Crippen LogP contribution in [0.3, 0.4) is 0 Å². The molecule has 0 aromatic carbocycles. The van der Waals surface area contributed by atoms with Gasteiger partial charge in [-0.2, -0.15) is 5.10 Å². The Kier molecular flexibility index (Phi) is 5.67. The van der Waals surface area contributed by atoms with Gasteiger partial charge < -0.3 is 16.0 Å². The smallest absolute Gasteiger partial charge is 0.272 e. The zero-order valence-electron chi connectivity index (χ0n) is 12.3. The first-order chi connectivity index (χ1) is 10.7. The van der Waals surface area contributed by atoms with Crippen molar-refractivity contribution >= 4 is 29.9 Å². The van der Waals surface area contributed by atoms with Crippen molar-refractivity contribution in [3.05, 3.63) is 41.5 Å². The Morgan fingerprint density at radius 3 is 3.00 bits per heavy atom. The van der Waals surface area contributed by atoms with E-state index in [2.05, 4.69) is 31.1 Å². The molecule has 0 aliphatic carbocycles. The highest BCUT2D eigenvalue weighted by molar-refractivity contribution is 5.99. The van der Waals surface area contributed by atoms with Gasteiger partial charge >= 0.3 is 0 Å². The SMILES string of the molecule is Cl.O=C(CNC(=O)c1n[nH]c2c1CNCC2)Nc1cccnc1. The molecule has 2 aromatic heterocycles. The fraction of sp³-hybridized carbons (Fsp3) is 0.286. The average molecular weight is 337 g/mol. The monoisotopic (exact) mass is 336 g/mol. The van der Waals surface area contributed by atoms with Crippen molar-refractivity contribution in [2.75, 3.05) is 18.4 Å². The van der Waals surface area contributed by atoms with E-state index in [1.165, 1.54) is 6.20 Å². The largest absolute Gasteiger partial charge is 0.342 e. The van der Waals surface area contributed by atoms with E-state index in [0.29, 0.717) is 17.9 Å². The van der Waals surface area contributed by atoms with Gasteiger partial charge in [0.2, 0.25) is 5.91 Å². The summed E-state index contributed by atoms with van der Waals surface area (Å²) in [6.45, 7) is 1.35. The second-order valence-corrected chi connectivity index (χ2v) is 4.93. The van der Waals surface area contributed by atoms with Gasteiger partial charge in [-0.15, -0.1) is 12.4 Å². The van der Waals surface area contributed by atoms with Crippen molar-refractivity contribution in [2.45, 2.75) is 13.0 Å². The molecule has 0 spiro atoms. The first-order valence-corrected chi connectivity index (χ1v) is 6.99. The predicted octanol–water partition coefficient (Wildman–Crippen LogP) is 0.241. The number of nitrogens with one attached hydrogen (secondary N) is 4. The third kappa shape index (κ3) is 4.05. The number of carbonyl (C=O) groups is 2. The Hall–Kier alpha value is -2.45. The minimum Gasteiger partial charge on any atom is -0.342 e. The lowest BCUT2D eigenvalue weighted by Crippen LogP contribution is -2.34. The summed E-state index contributed by atoms with van der Waals surface area (Å²) in [7, 11) is 0. The second-order valence-electron chi connectivity index (χ2n) is 4.93. The Bertz CT molecular complexity index is 688. The molecule has 0 bridgehead atoms. The number of nitrogens with zero attached hydrogens (tertiary/aromatic N) is 2. The average Bonchev–Trinajstić information content (AvgIpc) is 2.98. The molecule has 1 aliphatic heterocycles. The Balaban J connectivity index is 0.00000192. The number of halogens is 1. The fourth-order valence-electron chi connectivity index (χ4n) is 2.30. The van der Waals surface area contributed by atoms with Gasteiger partial charge in [0.15, 0.2) is 5.69 Å². The van der Waals surface area contributed by atoms with Gasteiger partial charge in [-0.25, -0.2) is 0 Å². The van der Waals surface area contributed by atoms with Gasteiger partial charge in [-0.05, 0) is 12.1 Å². The van der Waals surface area contributed by atoms with Crippen LogP contribution in [0.5, 0.6) is 0 Å². The van der Waals surface area contributed by atoms with Crippen LogP contribution in [-0.2, 0) is 17.8 Å². The van der Waals surface area contributed by atoms with Crippen molar-refractivity contribution < 1.29 is 9.59 Å². The summed E-state index contributed by atoms with van der Waals surface area (Å²) in [5.74, 6) is -0.675. The summed E-state index contributed by atoms with van der Waals surface area (Å²) in [4.78, 5) is 27.8. The molecule has 23 heavy (non-hydrogen) atoms.